The van der Waals surface area contributed by atoms with E-state index in [4.69, 9.17) is 4.98 Å². The summed E-state index contributed by atoms with van der Waals surface area (Å²) in [6.45, 7) is 7.59. The normalized spacial score (nSPS) is 25.5. The lowest BCUT2D eigenvalue weighted by Crippen LogP contribution is -2.44. The number of likely N-dealkylation sites (tertiary alicyclic amines) is 2. The predicted molar refractivity (Wildman–Crippen MR) is 108 cm³/mol. The average Bonchev–Trinajstić information content (AvgIpc) is 3.12. The minimum atomic E-state index is 0.0134. The maximum Gasteiger partial charge on any atom is 0.289 e. The summed E-state index contributed by atoms with van der Waals surface area (Å²) in [5.74, 6) is 1.09. The molecular formula is C22H34N4O2. The lowest BCUT2D eigenvalue weighted by molar-refractivity contribution is 0.0600. The number of piperidine rings is 2. The van der Waals surface area contributed by atoms with E-state index in [0.29, 0.717) is 23.5 Å². The third kappa shape index (κ3) is 3.58. The van der Waals surface area contributed by atoms with Crippen molar-refractivity contribution in [3.8, 4) is 0 Å². The van der Waals surface area contributed by atoms with Crippen LogP contribution in [0.15, 0.2) is 0 Å². The van der Waals surface area contributed by atoms with Crippen molar-refractivity contribution in [2.45, 2.75) is 84.2 Å². The van der Waals surface area contributed by atoms with E-state index >= 15 is 0 Å². The summed E-state index contributed by atoms with van der Waals surface area (Å²) in [6.07, 6.45) is 9.53. The Labute approximate surface area is 168 Å². The molecule has 0 bridgehead atoms. The number of nitrogens with zero attached hydrogens (tertiary/aromatic N) is 4. The lowest BCUT2D eigenvalue weighted by atomic mass is 9.99. The number of hydrogen-bond donors (Lipinski definition) is 0. The van der Waals surface area contributed by atoms with E-state index in [1.807, 2.05) is 9.80 Å². The molecule has 0 spiro atoms. The van der Waals surface area contributed by atoms with Crippen LogP contribution in [0.3, 0.4) is 0 Å². The molecule has 2 amide bonds. The van der Waals surface area contributed by atoms with Crippen LogP contribution < -0.4 is 0 Å². The van der Waals surface area contributed by atoms with Crippen LogP contribution >= 0.6 is 0 Å². The van der Waals surface area contributed by atoms with Gasteiger partial charge in [0.05, 0.1) is 5.69 Å². The Hall–Kier alpha value is -1.85. The van der Waals surface area contributed by atoms with Crippen molar-refractivity contribution in [3.63, 3.8) is 0 Å². The number of imidazole rings is 1. The fourth-order valence-electron chi connectivity index (χ4n) is 5.22. The van der Waals surface area contributed by atoms with Crippen LogP contribution in [0.4, 0.5) is 0 Å². The second kappa shape index (κ2) is 8.26. The van der Waals surface area contributed by atoms with Crippen molar-refractivity contribution < 1.29 is 9.59 Å². The average molecular weight is 387 g/mol. The quantitative estimate of drug-likeness (QED) is 0.799. The molecule has 2 unspecified atom stereocenters. The first kappa shape index (κ1) is 19.5. The highest BCUT2D eigenvalue weighted by molar-refractivity contribution is 5.97. The summed E-state index contributed by atoms with van der Waals surface area (Å²) in [5, 5.41) is 0. The molecule has 154 valence electrons. The van der Waals surface area contributed by atoms with Gasteiger partial charge in [-0.2, -0.15) is 0 Å². The highest BCUT2D eigenvalue weighted by atomic mass is 16.2. The Balaban J connectivity index is 1.65. The fourth-order valence-corrected chi connectivity index (χ4v) is 5.22. The number of amides is 2. The SMILES string of the molecule is CCC1CCCCN1C(=O)c1nc(C(=O)N2CCCC(C)C2)n2c1CCCC2. The van der Waals surface area contributed by atoms with Gasteiger partial charge < -0.3 is 14.4 Å². The Bertz CT molecular complexity index is 741. The molecule has 2 saturated heterocycles. The van der Waals surface area contributed by atoms with Gasteiger partial charge in [0.25, 0.3) is 11.8 Å². The molecule has 0 N–H and O–H groups in total. The number of carbonyl (C=O) groups is 2. The molecule has 28 heavy (non-hydrogen) atoms. The molecule has 3 aliphatic heterocycles. The van der Waals surface area contributed by atoms with Gasteiger partial charge in [-0.05, 0) is 63.7 Å². The van der Waals surface area contributed by atoms with Gasteiger partial charge in [-0.3, -0.25) is 9.59 Å². The van der Waals surface area contributed by atoms with E-state index < -0.39 is 0 Å². The molecule has 2 atom stereocenters. The number of carbonyl (C=O) groups excluding carboxylic acids is 2. The van der Waals surface area contributed by atoms with Crippen molar-refractivity contribution in [2.75, 3.05) is 19.6 Å². The Morgan fingerprint density at radius 3 is 2.61 bits per heavy atom. The molecule has 0 aromatic carbocycles. The van der Waals surface area contributed by atoms with Crippen LogP contribution in [0.1, 0.15) is 92.0 Å². The van der Waals surface area contributed by atoms with Crippen molar-refractivity contribution in [1.82, 2.24) is 19.4 Å². The number of hydrogen-bond acceptors (Lipinski definition) is 3. The number of rotatable bonds is 3. The smallest absolute Gasteiger partial charge is 0.289 e. The van der Waals surface area contributed by atoms with Gasteiger partial charge in [0, 0.05) is 32.2 Å². The van der Waals surface area contributed by atoms with E-state index in [1.165, 1.54) is 12.8 Å². The predicted octanol–water partition coefficient (Wildman–Crippen LogP) is 3.50. The standard InChI is InChI=1S/C22H34N4O2/c1-3-17-10-4-6-13-25(17)21(27)19-18-11-5-7-14-26(18)20(23-19)22(28)24-12-8-9-16(2)15-24/h16-17H,3-15H2,1-2H3. The maximum absolute atomic E-state index is 13.4. The van der Waals surface area contributed by atoms with Gasteiger partial charge in [0.1, 0.15) is 5.69 Å². The Morgan fingerprint density at radius 1 is 1.00 bits per heavy atom. The number of fused-ring (bicyclic) bond motifs is 1. The fraction of sp³-hybridized carbons (Fsp3) is 0.773. The topological polar surface area (TPSA) is 58.4 Å². The highest BCUT2D eigenvalue weighted by Crippen LogP contribution is 2.27. The zero-order chi connectivity index (χ0) is 19.7. The van der Waals surface area contributed by atoms with Gasteiger partial charge in [0.2, 0.25) is 0 Å². The highest BCUT2D eigenvalue weighted by Gasteiger charge is 2.34. The van der Waals surface area contributed by atoms with E-state index in [2.05, 4.69) is 18.4 Å². The summed E-state index contributed by atoms with van der Waals surface area (Å²) in [5.41, 5.74) is 1.54. The molecule has 2 fully saturated rings. The summed E-state index contributed by atoms with van der Waals surface area (Å²) in [6, 6.07) is 0.310. The van der Waals surface area contributed by atoms with Crippen LogP contribution in [-0.2, 0) is 13.0 Å². The Morgan fingerprint density at radius 2 is 1.82 bits per heavy atom. The first-order valence-electron chi connectivity index (χ1n) is 11.3. The minimum absolute atomic E-state index is 0.0134. The van der Waals surface area contributed by atoms with Crippen molar-refractivity contribution in [3.05, 3.63) is 17.2 Å². The zero-order valence-electron chi connectivity index (χ0n) is 17.5. The second-order valence-corrected chi connectivity index (χ2v) is 8.89. The van der Waals surface area contributed by atoms with E-state index in [9.17, 15) is 9.59 Å². The lowest BCUT2D eigenvalue weighted by Gasteiger charge is -2.35. The summed E-state index contributed by atoms with van der Waals surface area (Å²) < 4.78 is 2.06. The van der Waals surface area contributed by atoms with E-state index in [0.717, 1.165) is 76.8 Å². The molecule has 6 heteroatoms. The zero-order valence-corrected chi connectivity index (χ0v) is 17.5. The van der Waals surface area contributed by atoms with E-state index in [-0.39, 0.29) is 11.8 Å². The summed E-state index contributed by atoms with van der Waals surface area (Å²) in [4.78, 5) is 35.4. The van der Waals surface area contributed by atoms with Crippen LogP contribution in [-0.4, -0.2) is 56.8 Å². The van der Waals surface area contributed by atoms with Crippen LogP contribution in [0.2, 0.25) is 0 Å². The molecule has 0 saturated carbocycles. The molecule has 3 aliphatic rings. The van der Waals surface area contributed by atoms with Crippen molar-refractivity contribution >= 4 is 11.8 Å². The van der Waals surface area contributed by atoms with Gasteiger partial charge in [-0.1, -0.05) is 13.8 Å². The van der Waals surface area contributed by atoms with Crippen LogP contribution in [0.5, 0.6) is 0 Å². The molecule has 0 aliphatic carbocycles. The Kier molecular flexibility index (Phi) is 5.74. The van der Waals surface area contributed by atoms with Crippen LogP contribution in [0.25, 0.3) is 0 Å². The van der Waals surface area contributed by atoms with E-state index in [1.54, 1.807) is 0 Å². The van der Waals surface area contributed by atoms with Gasteiger partial charge in [-0.25, -0.2) is 4.98 Å². The van der Waals surface area contributed by atoms with Gasteiger partial charge >= 0.3 is 0 Å². The third-order valence-corrected chi connectivity index (χ3v) is 6.82. The first-order chi connectivity index (χ1) is 13.6. The molecule has 1 aromatic rings. The third-order valence-electron chi connectivity index (χ3n) is 6.82. The van der Waals surface area contributed by atoms with Crippen LogP contribution in [0, 0.1) is 5.92 Å². The largest absolute Gasteiger partial charge is 0.336 e. The van der Waals surface area contributed by atoms with Gasteiger partial charge in [0.15, 0.2) is 5.82 Å². The minimum Gasteiger partial charge on any atom is -0.336 e. The molecular weight excluding hydrogens is 352 g/mol. The monoisotopic (exact) mass is 386 g/mol. The summed E-state index contributed by atoms with van der Waals surface area (Å²) in [7, 11) is 0. The molecule has 0 radical (unpaired) electrons. The van der Waals surface area contributed by atoms with Gasteiger partial charge in [-0.15, -0.1) is 0 Å². The molecule has 1 aromatic heterocycles. The second-order valence-electron chi connectivity index (χ2n) is 8.89. The molecule has 4 rings (SSSR count). The first-order valence-corrected chi connectivity index (χ1v) is 11.3. The molecule has 4 heterocycles. The molecule has 6 nitrogen and oxygen atoms in total. The van der Waals surface area contributed by atoms with Crippen molar-refractivity contribution in [2.24, 2.45) is 5.92 Å². The summed E-state index contributed by atoms with van der Waals surface area (Å²) >= 11 is 0. The van der Waals surface area contributed by atoms with Crippen molar-refractivity contribution in [1.29, 1.82) is 0 Å². The number of aromatic nitrogens is 2. The maximum atomic E-state index is 13.4.